The third-order valence-corrected chi connectivity index (χ3v) is 3.33. The van der Waals surface area contributed by atoms with Crippen LogP contribution in [0.4, 0.5) is 0 Å². The zero-order valence-corrected chi connectivity index (χ0v) is 9.69. The Hall–Kier alpha value is -0.0400. The smallest absolute Gasteiger partial charge is 0.0100 e. The summed E-state index contributed by atoms with van der Waals surface area (Å²) < 4.78 is 0. The molecule has 1 nitrogen and oxygen atoms in total. The van der Waals surface area contributed by atoms with E-state index in [9.17, 15) is 0 Å². The Kier molecular flexibility index (Phi) is 3.78. The average Bonchev–Trinajstić information content (AvgIpc) is 2.69. The van der Waals surface area contributed by atoms with Gasteiger partial charge < -0.3 is 5.32 Å². The normalized spacial score (nSPS) is 27.2. The summed E-state index contributed by atoms with van der Waals surface area (Å²) in [6.45, 7) is 10.5. The van der Waals surface area contributed by atoms with Crippen molar-refractivity contribution in [2.45, 2.75) is 59.4 Å². The second-order valence-electron chi connectivity index (χ2n) is 5.15. The number of hydrogen-bond donors (Lipinski definition) is 1. The summed E-state index contributed by atoms with van der Waals surface area (Å²) >= 11 is 0. The molecule has 1 saturated carbocycles. The van der Waals surface area contributed by atoms with Crippen LogP contribution in [-0.4, -0.2) is 12.6 Å². The van der Waals surface area contributed by atoms with Gasteiger partial charge in [-0.3, -0.25) is 0 Å². The first-order chi connectivity index (χ1) is 6.11. The standard InChI is InChI=1S/C12H25N/c1-5-7-11(13-8-6-2)10-9-12(10,3)4/h10-11,13H,5-9H2,1-4H3. The minimum Gasteiger partial charge on any atom is -0.314 e. The van der Waals surface area contributed by atoms with Crippen LogP contribution in [0.5, 0.6) is 0 Å². The van der Waals surface area contributed by atoms with Crippen molar-refractivity contribution in [3.05, 3.63) is 0 Å². The van der Waals surface area contributed by atoms with E-state index in [2.05, 4.69) is 33.0 Å². The molecule has 0 amide bonds. The van der Waals surface area contributed by atoms with Crippen molar-refractivity contribution in [2.75, 3.05) is 6.54 Å². The Morgan fingerprint density at radius 2 is 1.92 bits per heavy atom. The van der Waals surface area contributed by atoms with Crippen molar-refractivity contribution in [2.24, 2.45) is 11.3 Å². The lowest BCUT2D eigenvalue weighted by Gasteiger charge is -2.19. The maximum atomic E-state index is 3.69. The van der Waals surface area contributed by atoms with Gasteiger partial charge in [0, 0.05) is 6.04 Å². The molecule has 78 valence electrons. The highest BCUT2D eigenvalue weighted by Crippen LogP contribution is 2.54. The number of hydrogen-bond acceptors (Lipinski definition) is 1. The van der Waals surface area contributed by atoms with Crippen molar-refractivity contribution >= 4 is 0 Å². The van der Waals surface area contributed by atoms with Crippen molar-refractivity contribution in [3.63, 3.8) is 0 Å². The zero-order chi connectivity index (χ0) is 9.90. The zero-order valence-electron chi connectivity index (χ0n) is 9.69. The van der Waals surface area contributed by atoms with Gasteiger partial charge in [0.2, 0.25) is 0 Å². The first kappa shape index (κ1) is 11.0. The molecular weight excluding hydrogens is 158 g/mol. The molecule has 0 radical (unpaired) electrons. The maximum Gasteiger partial charge on any atom is 0.0100 e. The summed E-state index contributed by atoms with van der Waals surface area (Å²) in [4.78, 5) is 0. The molecule has 0 aromatic heterocycles. The van der Waals surface area contributed by atoms with Gasteiger partial charge in [-0.05, 0) is 37.1 Å². The van der Waals surface area contributed by atoms with Crippen LogP contribution in [0.2, 0.25) is 0 Å². The molecule has 1 aliphatic carbocycles. The highest BCUT2D eigenvalue weighted by atomic mass is 14.9. The molecule has 2 unspecified atom stereocenters. The van der Waals surface area contributed by atoms with Crippen LogP contribution in [-0.2, 0) is 0 Å². The lowest BCUT2D eigenvalue weighted by Crippen LogP contribution is -2.33. The van der Waals surface area contributed by atoms with Crippen molar-refractivity contribution in [3.8, 4) is 0 Å². The van der Waals surface area contributed by atoms with E-state index in [0.29, 0.717) is 5.41 Å². The highest BCUT2D eigenvalue weighted by Gasteiger charge is 2.49. The van der Waals surface area contributed by atoms with Crippen molar-refractivity contribution in [1.82, 2.24) is 5.32 Å². The summed E-state index contributed by atoms with van der Waals surface area (Å²) in [7, 11) is 0. The molecule has 2 atom stereocenters. The maximum absolute atomic E-state index is 3.69. The van der Waals surface area contributed by atoms with Gasteiger partial charge in [-0.1, -0.05) is 34.1 Å². The van der Waals surface area contributed by atoms with Crippen molar-refractivity contribution in [1.29, 1.82) is 0 Å². The Morgan fingerprint density at radius 1 is 1.31 bits per heavy atom. The summed E-state index contributed by atoms with van der Waals surface area (Å²) in [6.07, 6.45) is 5.35. The van der Waals surface area contributed by atoms with Gasteiger partial charge in [-0.15, -0.1) is 0 Å². The van der Waals surface area contributed by atoms with Crippen LogP contribution in [0.3, 0.4) is 0 Å². The Bertz CT molecular complexity index is 151. The van der Waals surface area contributed by atoms with Gasteiger partial charge in [0.25, 0.3) is 0 Å². The fourth-order valence-electron chi connectivity index (χ4n) is 2.28. The van der Waals surface area contributed by atoms with E-state index in [4.69, 9.17) is 0 Å². The predicted octanol–water partition coefficient (Wildman–Crippen LogP) is 3.20. The molecule has 0 spiro atoms. The second kappa shape index (κ2) is 4.45. The largest absolute Gasteiger partial charge is 0.314 e. The number of rotatable bonds is 6. The topological polar surface area (TPSA) is 12.0 Å². The molecule has 1 rings (SSSR count). The van der Waals surface area contributed by atoms with E-state index in [0.717, 1.165) is 12.0 Å². The van der Waals surface area contributed by atoms with E-state index < -0.39 is 0 Å². The first-order valence-corrected chi connectivity index (χ1v) is 5.85. The molecule has 13 heavy (non-hydrogen) atoms. The van der Waals surface area contributed by atoms with E-state index in [1.165, 1.54) is 32.2 Å². The van der Waals surface area contributed by atoms with Gasteiger partial charge in [0.05, 0.1) is 0 Å². The van der Waals surface area contributed by atoms with Gasteiger partial charge >= 0.3 is 0 Å². The molecular formula is C12H25N. The summed E-state index contributed by atoms with van der Waals surface area (Å²) in [6, 6.07) is 0.792. The lowest BCUT2D eigenvalue weighted by atomic mass is 10.00. The second-order valence-corrected chi connectivity index (χ2v) is 5.15. The van der Waals surface area contributed by atoms with Crippen molar-refractivity contribution < 1.29 is 0 Å². The van der Waals surface area contributed by atoms with Gasteiger partial charge in [-0.2, -0.15) is 0 Å². The molecule has 1 heteroatoms. The molecule has 1 fully saturated rings. The van der Waals surface area contributed by atoms with E-state index in [-0.39, 0.29) is 0 Å². The summed E-state index contributed by atoms with van der Waals surface area (Å²) in [5.41, 5.74) is 0.626. The van der Waals surface area contributed by atoms with Crippen LogP contribution < -0.4 is 5.32 Å². The molecule has 1 N–H and O–H groups in total. The molecule has 0 bridgehead atoms. The molecule has 0 aliphatic heterocycles. The van der Waals surface area contributed by atoms with Crippen LogP contribution in [0, 0.1) is 11.3 Å². The molecule has 0 aromatic rings. The predicted molar refractivity (Wildman–Crippen MR) is 58.9 cm³/mol. The minimum absolute atomic E-state index is 0.626. The molecule has 0 aromatic carbocycles. The summed E-state index contributed by atoms with van der Waals surface area (Å²) in [5, 5.41) is 3.69. The first-order valence-electron chi connectivity index (χ1n) is 5.85. The quantitative estimate of drug-likeness (QED) is 0.667. The average molecular weight is 183 g/mol. The van der Waals surface area contributed by atoms with E-state index in [1.807, 2.05) is 0 Å². The Morgan fingerprint density at radius 3 is 2.31 bits per heavy atom. The third-order valence-electron chi connectivity index (χ3n) is 3.33. The Balaban J connectivity index is 2.31. The van der Waals surface area contributed by atoms with Gasteiger partial charge in [0.1, 0.15) is 0 Å². The van der Waals surface area contributed by atoms with Crippen LogP contribution >= 0.6 is 0 Å². The third kappa shape index (κ3) is 2.98. The van der Waals surface area contributed by atoms with Gasteiger partial charge in [-0.25, -0.2) is 0 Å². The van der Waals surface area contributed by atoms with Crippen LogP contribution in [0.15, 0.2) is 0 Å². The minimum atomic E-state index is 0.626. The Labute approximate surface area is 83.3 Å². The number of nitrogens with one attached hydrogen (secondary N) is 1. The van der Waals surface area contributed by atoms with E-state index >= 15 is 0 Å². The monoisotopic (exact) mass is 183 g/mol. The van der Waals surface area contributed by atoms with Gasteiger partial charge in [0.15, 0.2) is 0 Å². The SMILES string of the molecule is CCCNC(CCC)C1CC1(C)C. The molecule has 1 aliphatic rings. The van der Waals surface area contributed by atoms with Crippen LogP contribution in [0.25, 0.3) is 0 Å². The lowest BCUT2D eigenvalue weighted by molar-refractivity contribution is 0.382. The summed E-state index contributed by atoms with van der Waals surface area (Å²) in [5.74, 6) is 0.944. The fraction of sp³-hybridized carbons (Fsp3) is 1.00. The molecule has 0 saturated heterocycles. The molecule has 0 heterocycles. The fourth-order valence-corrected chi connectivity index (χ4v) is 2.28. The van der Waals surface area contributed by atoms with E-state index in [1.54, 1.807) is 0 Å². The highest BCUT2D eigenvalue weighted by molar-refractivity contribution is 5.01. The van der Waals surface area contributed by atoms with Crippen LogP contribution in [0.1, 0.15) is 53.4 Å².